The third kappa shape index (κ3) is 8.62. The molecule has 39 heavy (non-hydrogen) atoms. The number of ether oxygens (including phenoxy) is 1. The van der Waals surface area contributed by atoms with E-state index in [2.05, 4.69) is 21.2 Å². The second-order valence-electron chi connectivity index (χ2n) is 9.67. The zero-order chi connectivity index (χ0) is 27.8. The van der Waals surface area contributed by atoms with Crippen LogP contribution in [0.5, 0.6) is 5.75 Å². The van der Waals surface area contributed by atoms with Crippen LogP contribution in [0.4, 0.5) is 0 Å². The lowest BCUT2D eigenvalue weighted by atomic mass is 9.94. The SMILES string of the molecule is O=C(NC1CCCCC1)C(Cc1ccccc1)N(Cc1ccc(Cl)cc1Cl)C(=O)COc1ccc(Br)cc1Cl. The molecule has 206 valence electrons. The Kier molecular flexibility index (Phi) is 11.0. The largest absolute Gasteiger partial charge is 0.482 e. The molecule has 1 fully saturated rings. The molecule has 3 aromatic rings. The summed E-state index contributed by atoms with van der Waals surface area (Å²) in [6.07, 6.45) is 5.56. The average molecular weight is 653 g/mol. The number of nitrogens with one attached hydrogen (secondary N) is 1. The van der Waals surface area contributed by atoms with Crippen LogP contribution in [-0.4, -0.2) is 35.4 Å². The van der Waals surface area contributed by atoms with Crippen LogP contribution >= 0.6 is 50.7 Å². The third-order valence-electron chi connectivity index (χ3n) is 6.82. The summed E-state index contributed by atoms with van der Waals surface area (Å²) in [5, 5.41) is 4.51. The zero-order valence-corrected chi connectivity index (χ0v) is 25.2. The minimum Gasteiger partial charge on any atom is -0.482 e. The average Bonchev–Trinajstić information content (AvgIpc) is 2.92. The van der Waals surface area contributed by atoms with Gasteiger partial charge in [0.2, 0.25) is 5.91 Å². The minimum absolute atomic E-state index is 0.0958. The molecule has 3 aromatic carbocycles. The van der Waals surface area contributed by atoms with Crippen molar-refractivity contribution in [2.75, 3.05) is 6.61 Å². The van der Waals surface area contributed by atoms with E-state index in [9.17, 15) is 9.59 Å². The van der Waals surface area contributed by atoms with Crippen LogP contribution in [-0.2, 0) is 22.6 Å². The van der Waals surface area contributed by atoms with Crippen molar-refractivity contribution in [3.63, 3.8) is 0 Å². The van der Waals surface area contributed by atoms with Gasteiger partial charge in [-0.25, -0.2) is 0 Å². The number of halogens is 4. The smallest absolute Gasteiger partial charge is 0.261 e. The molecular formula is C30H30BrCl3N2O3. The summed E-state index contributed by atoms with van der Waals surface area (Å²) in [6, 6.07) is 19.3. The standard InChI is InChI=1S/C30H30BrCl3N2O3/c31-22-12-14-28(26(34)16-22)39-19-29(37)36(18-21-11-13-23(32)17-25(21)33)27(15-20-7-3-1-4-8-20)30(38)35-24-9-5-2-6-10-24/h1,3-4,7-8,11-14,16-17,24,27H,2,5-6,9-10,15,18-19H2,(H,35,38). The lowest BCUT2D eigenvalue weighted by Gasteiger charge is -2.33. The molecule has 5 nitrogen and oxygen atoms in total. The van der Waals surface area contributed by atoms with E-state index in [1.54, 1.807) is 41.3 Å². The maximum atomic E-state index is 13.8. The molecule has 1 N–H and O–H groups in total. The number of rotatable bonds is 10. The molecule has 1 unspecified atom stereocenters. The summed E-state index contributed by atoms with van der Waals surface area (Å²) < 4.78 is 6.62. The van der Waals surface area contributed by atoms with Gasteiger partial charge in [0.05, 0.1) is 5.02 Å². The Labute approximate surface area is 252 Å². The van der Waals surface area contributed by atoms with Crippen LogP contribution < -0.4 is 10.1 Å². The van der Waals surface area contributed by atoms with Crippen molar-refractivity contribution in [2.24, 2.45) is 0 Å². The highest BCUT2D eigenvalue weighted by atomic mass is 79.9. The second kappa shape index (κ2) is 14.4. The van der Waals surface area contributed by atoms with Crippen LogP contribution in [0.15, 0.2) is 71.2 Å². The molecule has 2 amide bonds. The molecule has 1 saturated carbocycles. The Morgan fingerprint density at radius 1 is 0.949 bits per heavy atom. The van der Waals surface area contributed by atoms with Crippen LogP contribution in [0.25, 0.3) is 0 Å². The second-order valence-corrected chi connectivity index (χ2v) is 11.8. The molecule has 0 radical (unpaired) electrons. The van der Waals surface area contributed by atoms with Gasteiger partial charge < -0.3 is 15.0 Å². The van der Waals surface area contributed by atoms with Gasteiger partial charge in [0.15, 0.2) is 6.61 Å². The van der Waals surface area contributed by atoms with Crippen molar-refractivity contribution in [3.05, 3.63) is 97.4 Å². The van der Waals surface area contributed by atoms with Gasteiger partial charge in [0, 0.05) is 33.5 Å². The Balaban J connectivity index is 1.64. The van der Waals surface area contributed by atoms with Crippen molar-refractivity contribution >= 4 is 62.5 Å². The Bertz CT molecular complexity index is 1290. The number of hydrogen-bond acceptors (Lipinski definition) is 3. The normalized spacial score (nSPS) is 14.5. The van der Waals surface area contributed by atoms with Crippen molar-refractivity contribution in [1.82, 2.24) is 10.2 Å². The summed E-state index contributed by atoms with van der Waals surface area (Å²) in [5.74, 6) is -0.172. The van der Waals surface area contributed by atoms with E-state index in [0.717, 1.165) is 35.7 Å². The monoisotopic (exact) mass is 650 g/mol. The van der Waals surface area contributed by atoms with Crippen molar-refractivity contribution in [1.29, 1.82) is 0 Å². The van der Waals surface area contributed by atoms with Gasteiger partial charge in [-0.3, -0.25) is 9.59 Å². The molecule has 0 bridgehead atoms. The summed E-state index contributed by atoms with van der Waals surface area (Å²) >= 11 is 22.3. The molecule has 0 spiro atoms. The fourth-order valence-corrected chi connectivity index (χ4v) is 5.94. The maximum absolute atomic E-state index is 13.8. The number of hydrogen-bond donors (Lipinski definition) is 1. The van der Waals surface area contributed by atoms with Crippen molar-refractivity contribution in [2.45, 2.75) is 57.2 Å². The van der Waals surface area contributed by atoms with Crippen LogP contribution in [0.3, 0.4) is 0 Å². The fraction of sp³-hybridized carbons (Fsp3) is 0.333. The number of carbonyl (C=O) groups is 2. The molecule has 1 atom stereocenters. The summed E-state index contributed by atoms with van der Waals surface area (Å²) in [5.41, 5.74) is 1.62. The summed E-state index contributed by atoms with van der Waals surface area (Å²) in [6.45, 7) is -0.184. The van der Waals surface area contributed by atoms with Gasteiger partial charge in [0.25, 0.3) is 5.91 Å². The lowest BCUT2D eigenvalue weighted by Crippen LogP contribution is -2.53. The first-order chi connectivity index (χ1) is 18.8. The van der Waals surface area contributed by atoms with Gasteiger partial charge >= 0.3 is 0 Å². The number of carbonyl (C=O) groups excluding carboxylic acids is 2. The van der Waals surface area contributed by atoms with E-state index in [-0.39, 0.29) is 31.0 Å². The van der Waals surface area contributed by atoms with Gasteiger partial charge in [-0.1, -0.05) is 106 Å². The molecule has 1 aliphatic carbocycles. The van der Waals surface area contributed by atoms with Crippen molar-refractivity contribution < 1.29 is 14.3 Å². The van der Waals surface area contributed by atoms with E-state index in [1.165, 1.54) is 6.42 Å². The lowest BCUT2D eigenvalue weighted by molar-refractivity contribution is -0.143. The first-order valence-corrected chi connectivity index (χ1v) is 14.9. The van der Waals surface area contributed by atoms with Gasteiger partial charge in [0.1, 0.15) is 11.8 Å². The molecule has 9 heteroatoms. The highest BCUT2D eigenvalue weighted by Crippen LogP contribution is 2.29. The molecule has 0 aliphatic heterocycles. The molecule has 4 rings (SSSR count). The predicted molar refractivity (Wildman–Crippen MR) is 161 cm³/mol. The van der Waals surface area contributed by atoms with Gasteiger partial charge in [-0.15, -0.1) is 0 Å². The number of benzene rings is 3. The molecule has 0 heterocycles. The summed E-state index contributed by atoms with van der Waals surface area (Å²) in [7, 11) is 0. The molecule has 1 aliphatic rings. The first-order valence-electron chi connectivity index (χ1n) is 13.0. The number of amides is 2. The van der Waals surface area contributed by atoms with E-state index >= 15 is 0 Å². The maximum Gasteiger partial charge on any atom is 0.261 e. The Hall–Kier alpha value is -2.25. The third-order valence-corrected chi connectivity index (χ3v) is 8.20. The summed E-state index contributed by atoms with van der Waals surface area (Å²) in [4.78, 5) is 29.2. The zero-order valence-electron chi connectivity index (χ0n) is 21.3. The Morgan fingerprint density at radius 3 is 2.38 bits per heavy atom. The highest BCUT2D eigenvalue weighted by Gasteiger charge is 2.32. The van der Waals surface area contributed by atoms with Gasteiger partial charge in [-0.05, 0) is 54.3 Å². The fourth-order valence-electron chi connectivity index (χ4n) is 4.75. The van der Waals surface area contributed by atoms with E-state index in [1.807, 2.05) is 30.3 Å². The Morgan fingerprint density at radius 2 is 1.69 bits per heavy atom. The van der Waals surface area contributed by atoms with Crippen molar-refractivity contribution in [3.8, 4) is 5.75 Å². The van der Waals surface area contributed by atoms with E-state index < -0.39 is 6.04 Å². The quantitative estimate of drug-likeness (QED) is 0.243. The van der Waals surface area contributed by atoms with Crippen LogP contribution in [0.2, 0.25) is 15.1 Å². The van der Waals surface area contributed by atoms with Crippen LogP contribution in [0.1, 0.15) is 43.2 Å². The topological polar surface area (TPSA) is 58.6 Å². The molecular weight excluding hydrogens is 623 g/mol. The van der Waals surface area contributed by atoms with E-state index in [4.69, 9.17) is 39.5 Å². The predicted octanol–water partition coefficient (Wildman–Crippen LogP) is 7.88. The number of nitrogens with zero attached hydrogens (tertiary/aromatic N) is 1. The molecule has 0 saturated heterocycles. The minimum atomic E-state index is -0.780. The first kappa shape index (κ1) is 29.7. The molecule has 0 aromatic heterocycles. The van der Waals surface area contributed by atoms with E-state index in [0.29, 0.717) is 32.8 Å². The highest BCUT2D eigenvalue weighted by molar-refractivity contribution is 9.10. The van der Waals surface area contributed by atoms with Gasteiger partial charge in [-0.2, -0.15) is 0 Å². The van der Waals surface area contributed by atoms with Crippen LogP contribution in [0, 0.1) is 0 Å².